The van der Waals surface area contributed by atoms with E-state index in [1.54, 1.807) is 30.3 Å². The fraction of sp³-hybridized carbons (Fsp3) is 0.143. The lowest BCUT2D eigenvalue weighted by Gasteiger charge is -2.26. The summed E-state index contributed by atoms with van der Waals surface area (Å²) >= 11 is 0. The second-order valence-corrected chi connectivity index (χ2v) is 4.55. The number of H-pyrrole nitrogens is 1. The molecule has 1 amide bonds. The highest BCUT2D eigenvalue weighted by molar-refractivity contribution is 5.96. The van der Waals surface area contributed by atoms with E-state index in [1.165, 1.54) is 6.92 Å². The van der Waals surface area contributed by atoms with Crippen molar-refractivity contribution in [2.75, 3.05) is 0 Å². The van der Waals surface area contributed by atoms with E-state index in [0.29, 0.717) is 5.56 Å². The van der Waals surface area contributed by atoms with Crippen molar-refractivity contribution < 1.29 is 14.7 Å². The number of aromatic amines is 1. The van der Waals surface area contributed by atoms with Gasteiger partial charge in [-0.3, -0.25) is 9.59 Å². The summed E-state index contributed by atoms with van der Waals surface area (Å²) < 4.78 is 0. The van der Waals surface area contributed by atoms with Crippen LogP contribution < -0.4 is 10.9 Å². The molecule has 0 saturated heterocycles. The zero-order chi connectivity index (χ0) is 15.5. The van der Waals surface area contributed by atoms with E-state index in [9.17, 15) is 19.5 Å². The van der Waals surface area contributed by atoms with Gasteiger partial charge in [-0.1, -0.05) is 30.3 Å². The van der Waals surface area contributed by atoms with Crippen molar-refractivity contribution in [3.63, 3.8) is 0 Å². The number of rotatable bonds is 4. The molecule has 1 heterocycles. The van der Waals surface area contributed by atoms with Crippen LogP contribution in [0.1, 0.15) is 23.0 Å². The smallest absolute Gasteiger partial charge is 0.333 e. The van der Waals surface area contributed by atoms with Gasteiger partial charge < -0.3 is 15.4 Å². The Labute approximate surface area is 119 Å². The molecule has 0 spiro atoms. The van der Waals surface area contributed by atoms with E-state index in [0.717, 1.165) is 12.4 Å². The van der Waals surface area contributed by atoms with Gasteiger partial charge in [0, 0.05) is 6.20 Å². The number of carboxylic acid groups (broad SMARTS) is 1. The van der Waals surface area contributed by atoms with Gasteiger partial charge in [-0.05, 0) is 12.5 Å². The molecule has 0 aliphatic carbocycles. The van der Waals surface area contributed by atoms with Gasteiger partial charge in [0.15, 0.2) is 5.54 Å². The normalized spacial score (nSPS) is 13.2. The van der Waals surface area contributed by atoms with Crippen LogP contribution in [0, 0.1) is 0 Å². The molecule has 2 rings (SSSR count). The first kappa shape index (κ1) is 14.4. The third kappa shape index (κ3) is 2.97. The van der Waals surface area contributed by atoms with Gasteiger partial charge in [0.2, 0.25) is 0 Å². The Morgan fingerprint density at radius 1 is 1.29 bits per heavy atom. The molecule has 7 heteroatoms. The first-order valence-electron chi connectivity index (χ1n) is 6.09. The fourth-order valence-electron chi connectivity index (χ4n) is 1.78. The van der Waals surface area contributed by atoms with Gasteiger partial charge >= 0.3 is 5.97 Å². The Balaban J connectivity index is 2.33. The zero-order valence-corrected chi connectivity index (χ0v) is 11.2. The molecule has 0 fully saturated rings. The maximum atomic E-state index is 12.1. The van der Waals surface area contributed by atoms with Crippen molar-refractivity contribution in [2.45, 2.75) is 12.5 Å². The average molecular weight is 287 g/mol. The molecule has 3 N–H and O–H groups in total. The molecule has 7 nitrogen and oxygen atoms in total. The van der Waals surface area contributed by atoms with Crippen molar-refractivity contribution in [1.82, 2.24) is 15.3 Å². The Morgan fingerprint density at radius 3 is 2.48 bits per heavy atom. The lowest BCUT2D eigenvalue weighted by Crippen LogP contribution is -2.49. The molecule has 0 aliphatic heterocycles. The minimum atomic E-state index is -1.60. The first-order chi connectivity index (χ1) is 9.93. The number of carbonyl (C=O) groups is 2. The fourth-order valence-corrected chi connectivity index (χ4v) is 1.78. The third-order valence-corrected chi connectivity index (χ3v) is 3.05. The van der Waals surface area contributed by atoms with Crippen LogP contribution >= 0.6 is 0 Å². The number of benzene rings is 1. The van der Waals surface area contributed by atoms with E-state index >= 15 is 0 Å². The number of nitrogens with one attached hydrogen (secondary N) is 2. The van der Waals surface area contributed by atoms with Gasteiger partial charge in [-0.15, -0.1) is 0 Å². The van der Waals surface area contributed by atoms with Crippen molar-refractivity contribution in [3.05, 3.63) is 64.3 Å². The summed E-state index contributed by atoms with van der Waals surface area (Å²) in [6.45, 7) is 1.38. The summed E-state index contributed by atoms with van der Waals surface area (Å²) in [7, 11) is 0. The third-order valence-electron chi connectivity index (χ3n) is 3.05. The van der Waals surface area contributed by atoms with Crippen LogP contribution in [0.5, 0.6) is 0 Å². The molecular formula is C14H13N3O4. The molecule has 21 heavy (non-hydrogen) atoms. The summed E-state index contributed by atoms with van der Waals surface area (Å²) in [5.41, 5.74) is -1.69. The van der Waals surface area contributed by atoms with E-state index in [4.69, 9.17) is 0 Å². The molecular weight excluding hydrogens is 274 g/mol. The topological polar surface area (TPSA) is 112 Å². The molecule has 0 radical (unpaired) electrons. The second-order valence-electron chi connectivity index (χ2n) is 4.55. The molecule has 1 aromatic carbocycles. The van der Waals surface area contributed by atoms with Crippen molar-refractivity contribution in [3.8, 4) is 0 Å². The van der Waals surface area contributed by atoms with Crippen LogP contribution in [0.4, 0.5) is 0 Å². The van der Waals surface area contributed by atoms with Crippen LogP contribution in [0.3, 0.4) is 0 Å². The number of aromatic nitrogens is 2. The average Bonchev–Trinajstić information content (AvgIpc) is 2.48. The predicted molar refractivity (Wildman–Crippen MR) is 73.8 cm³/mol. The van der Waals surface area contributed by atoms with Crippen LogP contribution in [-0.4, -0.2) is 27.0 Å². The van der Waals surface area contributed by atoms with Crippen LogP contribution in [0.25, 0.3) is 0 Å². The van der Waals surface area contributed by atoms with E-state index in [1.807, 2.05) is 0 Å². The van der Waals surface area contributed by atoms with Crippen molar-refractivity contribution in [1.29, 1.82) is 0 Å². The first-order valence-corrected chi connectivity index (χ1v) is 6.09. The van der Waals surface area contributed by atoms with Crippen LogP contribution in [0.2, 0.25) is 0 Å². The lowest BCUT2D eigenvalue weighted by atomic mass is 9.92. The molecule has 2 aromatic rings. The number of aliphatic carboxylic acids is 1. The van der Waals surface area contributed by atoms with Gasteiger partial charge in [-0.25, -0.2) is 9.78 Å². The van der Waals surface area contributed by atoms with E-state index < -0.39 is 23.0 Å². The quantitative estimate of drug-likeness (QED) is 0.758. The summed E-state index contributed by atoms with van der Waals surface area (Å²) in [5.74, 6) is -1.90. The molecule has 0 aliphatic rings. The van der Waals surface area contributed by atoms with Gasteiger partial charge in [0.25, 0.3) is 11.5 Å². The molecule has 108 valence electrons. The summed E-state index contributed by atoms with van der Waals surface area (Å²) in [6, 6.07) is 8.32. The lowest BCUT2D eigenvalue weighted by molar-refractivity contribution is -0.144. The summed E-state index contributed by atoms with van der Waals surface area (Å²) in [5, 5.41) is 11.9. The Bertz CT molecular complexity index is 706. The predicted octanol–water partition coefficient (Wildman–Crippen LogP) is 0.500. The highest BCUT2D eigenvalue weighted by atomic mass is 16.4. The number of carbonyl (C=O) groups excluding carboxylic acids is 1. The Hall–Kier alpha value is -2.96. The maximum absolute atomic E-state index is 12.1. The standard InChI is InChI=1S/C14H13N3O4/c1-14(13(20)21,9-5-3-2-4-6-9)17-12(19)10-7-16-11(18)8-15-10/h2-8H,1H3,(H,16,18)(H,17,19)(H,20,21). The SMILES string of the molecule is CC(NC(=O)c1c[nH]c(=O)cn1)(C(=O)O)c1ccccc1. The molecule has 1 aromatic heterocycles. The second kappa shape index (κ2) is 5.58. The van der Waals surface area contributed by atoms with E-state index in [2.05, 4.69) is 15.3 Å². The molecule has 1 unspecified atom stereocenters. The van der Waals surface area contributed by atoms with Crippen molar-refractivity contribution >= 4 is 11.9 Å². The van der Waals surface area contributed by atoms with E-state index in [-0.39, 0.29) is 5.69 Å². The minimum Gasteiger partial charge on any atom is -0.479 e. The number of hydrogen-bond donors (Lipinski definition) is 3. The van der Waals surface area contributed by atoms with Crippen molar-refractivity contribution in [2.24, 2.45) is 0 Å². The molecule has 1 atom stereocenters. The number of nitrogens with zero attached hydrogens (tertiary/aromatic N) is 1. The minimum absolute atomic E-state index is 0.0713. The highest BCUT2D eigenvalue weighted by Crippen LogP contribution is 2.21. The maximum Gasteiger partial charge on any atom is 0.333 e. The highest BCUT2D eigenvalue weighted by Gasteiger charge is 2.37. The molecule has 0 saturated carbocycles. The van der Waals surface area contributed by atoms with Crippen LogP contribution in [0.15, 0.2) is 47.5 Å². The van der Waals surface area contributed by atoms with Gasteiger partial charge in [0.05, 0.1) is 6.20 Å². The van der Waals surface area contributed by atoms with Gasteiger partial charge in [-0.2, -0.15) is 0 Å². The number of carboxylic acids is 1. The largest absolute Gasteiger partial charge is 0.479 e. The Kier molecular flexibility index (Phi) is 3.84. The summed E-state index contributed by atoms with van der Waals surface area (Å²) in [6.07, 6.45) is 2.08. The number of hydrogen-bond acceptors (Lipinski definition) is 4. The van der Waals surface area contributed by atoms with Gasteiger partial charge in [0.1, 0.15) is 5.69 Å². The van der Waals surface area contributed by atoms with Crippen LogP contribution in [-0.2, 0) is 10.3 Å². The zero-order valence-electron chi connectivity index (χ0n) is 11.2. The molecule has 0 bridgehead atoms. The Morgan fingerprint density at radius 2 is 1.95 bits per heavy atom. The number of amides is 1. The monoisotopic (exact) mass is 287 g/mol. The summed E-state index contributed by atoms with van der Waals surface area (Å²) in [4.78, 5) is 40.5.